The first-order chi connectivity index (χ1) is 13.9. The van der Waals surface area contributed by atoms with E-state index in [1.54, 1.807) is 19.1 Å². The summed E-state index contributed by atoms with van der Waals surface area (Å²) in [6.07, 6.45) is 4.30. The molecule has 3 heterocycles. The number of H-pyrrole nitrogens is 2. The molecule has 0 unspecified atom stereocenters. The van der Waals surface area contributed by atoms with Gasteiger partial charge in [-0.1, -0.05) is 0 Å². The minimum absolute atomic E-state index is 0.0294. The first kappa shape index (κ1) is 18.7. The van der Waals surface area contributed by atoms with Gasteiger partial charge < -0.3 is 14.7 Å². The van der Waals surface area contributed by atoms with E-state index >= 15 is 0 Å². The average molecular weight is 412 g/mol. The summed E-state index contributed by atoms with van der Waals surface area (Å²) in [5.74, 6) is -0.604. The van der Waals surface area contributed by atoms with Gasteiger partial charge in [-0.15, -0.1) is 0 Å². The molecule has 148 valence electrons. The Morgan fingerprint density at radius 1 is 1.28 bits per heavy atom. The molecule has 4 rings (SSSR count). The SMILES string of the molecule is CCOC(=O)c1c[nH]c2c(=O)[nH]c3ccc(S(=O)(=O)Nc4cccnc4)cc3c12. The number of benzene rings is 1. The zero-order valence-corrected chi connectivity index (χ0v) is 16.0. The molecule has 0 saturated heterocycles. The largest absolute Gasteiger partial charge is 0.462 e. The lowest BCUT2D eigenvalue weighted by atomic mass is 10.1. The number of aromatic nitrogens is 3. The molecule has 3 N–H and O–H groups in total. The number of hydrogen-bond acceptors (Lipinski definition) is 6. The summed E-state index contributed by atoms with van der Waals surface area (Å²) in [4.78, 5) is 33.9. The molecule has 10 heteroatoms. The third-order valence-corrected chi connectivity index (χ3v) is 5.71. The second-order valence-corrected chi connectivity index (χ2v) is 7.86. The molecule has 0 saturated carbocycles. The van der Waals surface area contributed by atoms with Crippen LogP contribution in [0.5, 0.6) is 0 Å². The Hall–Kier alpha value is -3.66. The average Bonchev–Trinajstić information content (AvgIpc) is 3.15. The van der Waals surface area contributed by atoms with Crippen LogP contribution in [0.25, 0.3) is 21.8 Å². The summed E-state index contributed by atoms with van der Waals surface area (Å²) in [5, 5.41) is 0.707. The van der Waals surface area contributed by atoms with Gasteiger partial charge in [-0.25, -0.2) is 13.2 Å². The maximum atomic E-state index is 12.8. The summed E-state index contributed by atoms with van der Waals surface area (Å²) >= 11 is 0. The van der Waals surface area contributed by atoms with Crippen molar-refractivity contribution in [1.82, 2.24) is 15.0 Å². The maximum Gasteiger partial charge on any atom is 0.340 e. The van der Waals surface area contributed by atoms with E-state index in [2.05, 4.69) is 19.7 Å². The number of hydrogen-bond donors (Lipinski definition) is 3. The van der Waals surface area contributed by atoms with Crippen LogP contribution in [0.1, 0.15) is 17.3 Å². The monoisotopic (exact) mass is 412 g/mol. The first-order valence-corrected chi connectivity index (χ1v) is 10.2. The third kappa shape index (κ3) is 3.34. The number of ether oxygens (including phenoxy) is 1. The van der Waals surface area contributed by atoms with Gasteiger partial charge >= 0.3 is 5.97 Å². The van der Waals surface area contributed by atoms with Gasteiger partial charge in [0.25, 0.3) is 15.6 Å². The van der Waals surface area contributed by atoms with Crippen LogP contribution in [-0.2, 0) is 14.8 Å². The minimum atomic E-state index is -3.92. The van der Waals surface area contributed by atoms with E-state index in [9.17, 15) is 18.0 Å². The van der Waals surface area contributed by atoms with Crippen molar-refractivity contribution in [3.63, 3.8) is 0 Å². The molecular formula is C19H16N4O5S. The minimum Gasteiger partial charge on any atom is -0.462 e. The molecule has 0 spiro atoms. The molecule has 0 fully saturated rings. The van der Waals surface area contributed by atoms with Crippen molar-refractivity contribution in [1.29, 1.82) is 0 Å². The fraction of sp³-hybridized carbons (Fsp3) is 0.105. The van der Waals surface area contributed by atoms with E-state index in [0.29, 0.717) is 22.0 Å². The molecule has 0 radical (unpaired) electrons. The summed E-state index contributed by atoms with van der Waals surface area (Å²) in [7, 11) is -3.92. The Morgan fingerprint density at radius 3 is 2.83 bits per heavy atom. The van der Waals surface area contributed by atoms with Gasteiger partial charge in [0, 0.05) is 28.7 Å². The Kier molecular flexibility index (Phi) is 4.55. The van der Waals surface area contributed by atoms with Gasteiger partial charge in [0.1, 0.15) is 5.52 Å². The Bertz CT molecular complexity index is 1390. The quantitative estimate of drug-likeness (QED) is 0.431. The highest BCUT2D eigenvalue weighted by atomic mass is 32.2. The molecule has 0 aliphatic rings. The van der Waals surface area contributed by atoms with E-state index in [1.165, 1.54) is 36.8 Å². The zero-order chi connectivity index (χ0) is 20.6. The highest BCUT2D eigenvalue weighted by Gasteiger charge is 2.21. The van der Waals surface area contributed by atoms with Crippen LogP contribution < -0.4 is 10.3 Å². The smallest absolute Gasteiger partial charge is 0.340 e. The van der Waals surface area contributed by atoms with Crippen LogP contribution >= 0.6 is 0 Å². The van der Waals surface area contributed by atoms with Crippen LogP contribution in [0.3, 0.4) is 0 Å². The highest BCUT2D eigenvalue weighted by Crippen LogP contribution is 2.28. The van der Waals surface area contributed by atoms with Crippen molar-refractivity contribution >= 4 is 43.5 Å². The highest BCUT2D eigenvalue weighted by molar-refractivity contribution is 7.92. The fourth-order valence-electron chi connectivity index (χ4n) is 3.08. The van der Waals surface area contributed by atoms with Crippen molar-refractivity contribution in [2.45, 2.75) is 11.8 Å². The van der Waals surface area contributed by atoms with Crippen molar-refractivity contribution in [2.75, 3.05) is 11.3 Å². The topological polar surface area (TPSA) is 134 Å². The van der Waals surface area contributed by atoms with E-state index in [4.69, 9.17) is 4.74 Å². The summed E-state index contributed by atoms with van der Waals surface area (Å²) in [6.45, 7) is 1.84. The van der Waals surface area contributed by atoms with Crippen LogP contribution in [0.2, 0.25) is 0 Å². The molecule has 4 aromatic rings. The number of fused-ring (bicyclic) bond motifs is 3. The second-order valence-electron chi connectivity index (χ2n) is 6.18. The molecule has 3 aromatic heterocycles. The number of carbonyl (C=O) groups is 1. The number of aromatic amines is 2. The second kappa shape index (κ2) is 7.06. The Labute approximate surface area is 164 Å². The molecule has 1 aromatic carbocycles. The lowest BCUT2D eigenvalue weighted by molar-refractivity contribution is 0.0529. The molecular weight excluding hydrogens is 396 g/mol. The molecule has 29 heavy (non-hydrogen) atoms. The number of carbonyl (C=O) groups excluding carboxylic acids is 1. The number of anilines is 1. The third-order valence-electron chi connectivity index (χ3n) is 4.34. The summed E-state index contributed by atoms with van der Waals surface area (Å²) in [6, 6.07) is 7.45. The lowest BCUT2D eigenvalue weighted by Gasteiger charge is -2.09. The first-order valence-electron chi connectivity index (χ1n) is 8.68. The van der Waals surface area contributed by atoms with Gasteiger partial charge in [-0.05, 0) is 37.3 Å². The van der Waals surface area contributed by atoms with E-state index in [-0.39, 0.29) is 22.6 Å². The van der Waals surface area contributed by atoms with Gasteiger partial charge in [0.05, 0.1) is 29.0 Å². The summed E-state index contributed by atoms with van der Waals surface area (Å²) in [5.41, 5.74) is 0.608. The summed E-state index contributed by atoms with van der Waals surface area (Å²) < 4.78 is 33.1. The molecule has 0 aliphatic carbocycles. The molecule has 0 atom stereocenters. The normalized spacial score (nSPS) is 11.6. The lowest BCUT2D eigenvalue weighted by Crippen LogP contribution is -2.13. The number of esters is 1. The predicted molar refractivity (Wildman–Crippen MR) is 107 cm³/mol. The predicted octanol–water partition coefficient (Wildman–Crippen LogP) is 2.38. The van der Waals surface area contributed by atoms with Crippen molar-refractivity contribution in [2.24, 2.45) is 0 Å². The molecule has 0 amide bonds. The molecule has 9 nitrogen and oxygen atoms in total. The van der Waals surface area contributed by atoms with Crippen molar-refractivity contribution in [3.8, 4) is 0 Å². The maximum absolute atomic E-state index is 12.8. The fourth-order valence-corrected chi connectivity index (χ4v) is 4.15. The zero-order valence-electron chi connectivity index (χ0n) is 15.2. The molecule has 0 bridgehead atoms. The van der Waals surface area contributed by atoms with Crippen molar-refractivity contribution in [3.05, 3.63) is 64.8 Å². The van der Waals surface area contributed by atoms with Gasteiger partial charge in [0.15, 0.2) is 0 Å². The van der Waals surface area contributed by atoms with E-state index in [1.807, 2.05) is 0 Å². The standard InChI is InChI=1S/C19H16N4O5S/c1-2-28-19(25)14-10-21-17-16(14)13-8-12(5-6-15(13)22-18(17)24)29(26,27)23-11-4-3-7-20-9-11/h3-10,21,23H,2H2,1H3,(H,22,24). The van der Waals surface area contributed by atoms with Gasteiger partial charge in [-0.2, -0.15) is 0 Å². The number of pyridine rings is 2. The van der Waals surface area contributed by atoms with Crippen LogP contribution in [0, 0.1) is 0 Å². The number of sulfonamides is 1. The van der Waals surface area contributed by atoms with E-state index in [0.717, 1.165) is 0 Å². The van der Waals surface area contributed by atoms with Gasteiger partial charge in [0.2, 0.25) is 0 Å². The Balaban J connectivity index is 1.92. The van der Waals surface area contributed by atoms with Crippen LogP contribution in [-0.4, -0.2) is 35.9 Å². The van der Waals surface area contributed by atoms with Crippen molar-refractivity contribution < 1.29 is 17.9 Å². The van der Waals surface area contributed by atoms with Crippen LogP contribution in [0.15, 0.2) is 58.6 Å². The number of nitrogens with zero attached hydrogens (tertiary/aromatic N) is 1. The van der Waals surface area contributed by atoms with E-state index < -0.39 is 21.6 Å². The van der Waals surface area contributed by atoms with Gasteiger partial charge in [-0.3, -0.25) is 14.5 Å². The number of nitrogens with one attached hydrogen (secondary N) is 3. The Morgan fingerprint density at radius 2 is 2.10 bits per heavy atom. The number of rotatable bonds is 5. The molecule has 0 aliphatic heterocycles. The van der Waals surface area contributed by atoms with Crippen LogP contribution in [0.4, 0.5) is 5.69 Å².